The van der Waals surface area contributed by atoms with Crippen molar-refractivity contribution in [2.45, 2.75) is 32.2 Å². The number of rotatable bonds is 6. The molecule has 110 valence electrons. The van der Waals surface area contributed by atoms with E-state index in [1.165, 1.54) is 5.56 Å². The third-order valence-electron chi connectivity index (χ3n) is 3.88. The van der Waals surface area contributed by atoms with Gasteiger partial charge in [0, 0.05) is 5.69 Å². The largest absolute Gasteiger partial charge is 0.479 e. The molecule has 0 aliphatic rings. The molecule has 3 heteroatoms. The van der Waals surface area contributed by atoms with Gasteiger partial charge in [-0.05, 0) is 36.1 Å². The van der Waals surface area contributed by atoms with E-state index < -0.39 is 11.5 Å². The van der Waals surface area contributed by atoms with Crippen molar-refractivity contribution in [3.63, 3.8) is 0 Å². The van der Waals surface area contributed by atoms with E-state index in [9.17, 15) is 9.90 Å². The molecule has 1 unspecified atom stereocenters. The summed E-state index contributed by atoms with van der Waals surface area (Å²) in [5, 5.41) is 13.0. The van der Waals surface area contributed by atoms with Crippen LogP contribution in [0.2, 0.25) is 0 Å². The molecule has 3 nitrogen and oxygen atoms in total. The molecule has 0 heterocycles. The van der Waals surface area contributed by atoms with Gasteiger partial charge in [0.15, 0.2) is 5.54 Å². The number of aliphatic carboxylic acids is 1. The molecule has 21 heavy (non-hydrogen) atoms. The van der Waals surface area contributed by atoms with Crippen LogP contribution in [0, 0.1) is 0 Å². The summed E-state index contributed by atoms with van der Waals surface area (Å²) >= 11 is 0. The van der Waals surface area contributed by atoms with Gasteiger partial charge in [0.1, 0.15) is 0 Å². The number of hydrogen-bond acceptors (Lipinski definition) is 2. The number of carboxylic acids is 1. The molecule has 0 amide bonds. The molecule has 0 aliphatic heterocycles. The Morgan fingerprint density at radius 3 is 2.14 bits per heavy atom. The standard InChI is InChI=1S/C18H21NO2/c1-3-14-10-12-15(13-11-14)18(4-2,17(20)21)19-16-8-6-5-7-9-16/h5-13,19H,3-4H2,1-2H3,(H,20,21). The third-order valence-corrected chi connectivity index (χ3v) is 3.88. The molecule has 0 aliphatic carbocycles. The number of carbonyl (C=O) groups is 1. The molecule has 0 bridgehead atoms. The van der Waals surface area contributed by atoms with Crippen LogP contribution in [-0.2, 0) is 16.8 Å². The minimum Gasteiger partial charge on any atom is -0.479 e. The van der Waals surface area contributed by atoms with Crippen molar-refractivity contribution >= 4 is 11.7 Å². The van der Waals surface area contributed by atoms with Gasteiger partial charge in [-0.1, -0.05) is 56.3 Å². The van der Waals surface area contributed by atoms with Crippen molar-refractivity contribution in [1.82, 2.24) is 0 Å². The molecule has 2 aromatic rings. The fourth-order valence-corrected chi connectivity index (χ4v) is 2.49. The molecule has 0 fully saturated rings. The Balaban J connectivity index is 2.42. The molecule has 2 N–H and O–H groups in total. The van der Waals surface area contributed by atoms with Crippen LogP contribution in [0.5, 0.6) is 0 Å². The van der Waals surface area contributed by atoms with E-state index >= 15 is 0 Å². The zero-order valence-corrected chi connectivity index (χ0v) is 12.5. The number of benzene rings is 2. The molecule has 0 saturated carbocycles. The average Bonchev–Trinajstić information content (AvgIpc) is 2.53. The van der Waals surface area contributed by atoms with E-state index in [1.54, 1.807) is 0 Å². The minimum absolute atomic E-state index is 0.461. The van der Waals surface area contributed by atoms with Gasteiger partial charge in [0.2, 0.25) is 0 Å². The van der Waals surface area contributed by atoms with E-state index in [0.29, 0.717) is 6.42 Å². The molecule has 2 rings (SSSR count). The van der Waals surface area contributed by atoms with Crippen LogP contribution in [0.25, 0.3) is 0 Å². The number of para-hydroxylation sites is 1. The van der Waals surface area contributed by atoms with Crippen LogP contribution in [0.1, 0.15) is 31.4 Å². The molecular weight excluding hydrogens is 262 g/mol. The van der Waals surface area contributed by atoms with E-state index in [-0.39, 0.29) is 0 Å². The van der Waals surface area contributed by atoms with Gasteiger partial charge >= 0.3 is 5.97 Å². The van der Waals surface area contributed by atoms with E-state index in [1.807, 2.05) is 61.5 Å². The van der Waals surface area contributed by atoms with Gasteiger partial charge in [-0.2, -0.15) is 0 Å². The quantitative estimate of drug-likeness (QED) is 0.840. The van der Waals surface area contributed by atoms with E-state index in [2.05, 4.69) is 12.2 Å². The summed E-state index contributed by atoms with van der Waals surface area (Å²) < 4.78 is 0. The second-order valence-electron chi connectivity index (χ2n) is 5.11. The zero-order chi connectivity index (χ0) is 15.3. The van der Waals surface area contributed by atoms with Crippen LogP contribution < -0.4 is 5.32 Å². The van der Waals surface area contributed by atoms with Crippen LogP contribution in [-0.4, -0.2) is 11.1 Å². The summed E-state index contributed by atoms with van der Waals surface area (Å²) in [5.74, 6) is -0.863. The maximum absolute atomic E-state index is 11.9. The van der Waals surface area contributed by atoms with Crippen molar-refractivity contribution in [3.8, 4) is 0 Å². The monoisotopic (exact) mass is 283 g/mol. The van der Waals surface area contributed by atoms with Crippen LogP contribution in [0.4, 0.5) is 5.69 Å². The highest BCUT2D eigenvalue weighted by Gasteiger charge is 2.38. The Labute approximate surface area is 125 Å². The fraction of sp³-hybridized carbons (Fsp3) is 0.278. The lowest BCUT2D eigenvalue weighted by molar-refractivity contribution is -0.142. The summed E-state index contributed by atoms with van der Waals surface area (Å²) in [7, 11) is 0. The van der Waals surface area contributed by atoms with Gasteiger partial charge in [-0.25, -0.2) is 4.79 Å². The van der Waals surface area contributed by atoms with Crippen molar-refractivity contribution in [1.29, 1.82) is 0 Å². The second kappa shape index (κ2) is 6.44. The smallest absolute Gasteiger partial charge is 0.334 e. The molecule has 0 spiro atoms. The molecule has 0 aromatic heterocycles. The SMILES string of the molecule is CCc1ccc(C(CC)(Nc2ccccc2)C(=O)O)cc1. The number of hydrogen-bond donors (Lipinski definition) is 2. The molecule has 1 atom stereocenters. The molecule has 0 saturated heterocycles. The highest BCUT2D eigenvalue weighted by Crippen LogP contribution is 2.30. The molecule has 0 radical (unpaired) electrons. The van der Waals surface area contributed by atoms with Gasteiger partial charge in [-0.3, -0.25) is 0 Å². The van der Waals surface area contributed by atoms with Gasteiger partial charge in [-0.15, -0.1) is 0 Å². The second-order valence-corrected chi connectivity index (χ2v) is 5.11. The zero-order valence-electron chi connectivity index (χ0n) is 12.5. The maximum atomic E-state index is 11.9. The lowest BCUT2D eigenvalue weighted by Gasteiger charge is -2.31. The Morgan fingerprint density at radius 2 is 1.67 bits per heavy atom. The van der Waals surface area contributed by atoms with Crippen molar-refractivity contribution in [2.24, 2.45) is 0 Å². The number of aryl methyl sites for hydroxylation is 1. The van der Waals surface area contributed by atoms with Crippen LogP contribution in [0.15, 0.2) is 54.6 Å². The van der Waals surface area contributed by atoms with Crippen molar-refractivity contribution in [3.05, 3.63) is 65.7 Å². The lowest BCUT2D eigenvalue weighted by atomic mass is 9.86. The summed E-state index contributed by atoms with van der Waals surface area (Å²) in [6, 6.07) is 17.3. The number of anilines is 1. The van der Waals surface area contributed by atoms with E-state index in [0.717, 1.165) is 17.7 Å². The summed E-state index contributed by atoms with van der Waals surface area (Å²) in [6.45, 7) is 3.97. The third kappa shape index (κ3) is 3.07. The summed E-state index contributed by atoms with van der Waals surface area (Å²) in [5.41, 5.74) is 1.68. The Bertz CT molecular complexity index is 592. The molecule has 2 aromatic carbocycles. The highest BCUT2D eigenvalue weighted by molar-refractivity contribution is 5.84. The topological polar surface area (TPSA) is 49.3 Å². The predicted octanol–water partition coefficient (Wildman–Crippen LogP) is 4.05. The Hall–Kier alpha value is -2.29. The van der Waals surface area contributed by atoms with Gasteiger partial charge in [0.25, 0.3) is 0 Å². The Kier molecular flexibility index (Phi) is 4.63. The maximum Gasteiger partial charge on any atom is 0.334 e. The number of carboxylic acid groups (broad SMARTS) is 1. The van der Waals surface area contributed by atoms with Crippen LogP contribution >= 0.6 is 0 Å². The predicted molar refractivity (Wildman–Crippen MR) is 85.5 cm³/mol. The molecular formula is C18H21NO2. The van der Waals surface area contributed by atoms with E-state index in [4.69, 9.17) is 0 Å². The van der Waals surface area contributed by atoms with Gasteiger partial charge in [0.05, 0.1) is 0 Å². The van der Waals surface area contributed by atoms with Crippen molar-refractivity contribution in [2.75, 3.05) is 5.32 Å². The normalized spacial score (nSPS) is 13.4. The highest BCUT2D eigenvalue weighted by atomic mass is 16.4. The lowest BCUT2D eigenvalue weighted by Crippen LogP contribution is -2.43. The fourth-order valence-electron chi connectivity index (χ4n) is 2.49. The summed E-state index contributed by atoms with van der Waals surface area (Å²) in [6.07, 6.45) is 1.40. The average molecular weight is 283 g/mol. The first-order valence-corrected chi connectivity index (χ1v) is 7.28. The number of nitrogens with one attached hydrogen (secondary N) is 1. The van der Waals surface area contributed by atoms with Crippen molar-refractivity contribution < 1.29 is 9.90 Å². The summed E-state index contributed by atoms with van der Waals surface area (Å²) in [4.78, 5) is 11.9. The first-order chi connectivity index (χ1) is 10.1. The minimum atomic E-state index is -1.10. The first-order valence-electron chi connectivity index (χ1n) is 7.28. The first kappa shape index (κ1) is 15.1. The Morgan fingerprint density at radius 1 is 1.05 bits per heavy atom. The van der Waals surface area contributed by atoms with Gasteiger partial charge < -0.3 is 10.4 Å². The van der Waals surface area contributed by atoms with Crippen LogP contribution in [0.3, 0.4) is 0 Å².